The van der Waals surface area contributed by atoms with Crippen molar-refractivity contribution in [2.24, 2.45) is 0 Å². The summed E-state index contributed by atoms with van der Waals surface area (Å²) in [5.74, 6) is -1.29. The van der Waals surface area contributed by atoms with Gasteiger partial charge in [-0.15, -0.1) is 11.3 Å². The van der Waals surface area contributed by atoms with Crippen LogP contribution in [0.15, 0.2) is 34.7 Å². The number of ketones is 1. The fourth-order valence-corrected chi connectivity index (χ4v) is 3.90. The molecule has 0 radical (unpaired) electrons. The molecule has 7 nitrogen and oxygen atoms in total. The van der Waals surface area contributed by atoms with E-state index >= 15 is 0 Å². The molecule has 1 N–H and O–H groups in total. The number of ether oxygens (including phenoxy) is 2. The van der Waals surface area contributed by atoms with Crippen LogP contribution < -0.4 is 5.32 Å². The summed E-state index contributed by atoms with van der Waals surface area (Å²) < 4.78 is 15.5. The summed E-state index contributed by atoms with van der Waals surface area (Å²) in [5.41, 5.74) is 1.27. The maximum Gasteiger partial charge on any atom is 0.348 e. The molecule has 0 aliphatic heterocycles. The molecule has 0 spiro atoms. The number of esters is 1. The van der Waals surface area contributed by atoms with Crippen LogP contribution in [0.4, 0.5) is 5.00 Å². The van der Waals surface area contributed by atoms with Crippen LogP contribution in [0.25, 0.3) is 11.0 Å². The summed E-state index contributed by atoms with van der Waals surface area (Å²) in [4.78, 5) is 37.6. The van der Waals surface area contributed by atoms with Crippen LogP contribution in [0, 0.1) is 6.92 Å². The van der Waals surface area contributed by atoms with Gasteiger partial charge in [0, 0.05) is 12.5 Å². The highest BCUT2D eigenvalue weighted by molar-refractivity contribution is 7.18. The average molecular weight is 401 g/mol. The largest absolute Gasteiger partial charge is 0.462 e. The van der Waals surface area contributed by atoms with E-state index in [1.165, 1.54) is 7.11 Å². The molecular formula is C20H19NO6S. The first-order valence-corrected chi connectivity index (χ1v) is 9.40. The second-order valence-electron chi connectivity index (χ2n) is 5.94. The van der Waals surface area contributed by atoms with Gasteiger partial charge in [-0.05, 0) is 31.5 Å². The number of Topliss-reactive ketones (excluding diaryl/α,β-unsaturated/α-hetero) is 1. The zero-order chi connectivity index (χ0) is 20.3. The van der Waals surface area contributed by atoms with Crippen molar-refractivity contribution >= 4 is 45.0 Å². The lowest BCUT2D eigenvalue weighted by atomic mass is 10.1. The van der Waals surface area contributed by atoms with E-state index in [4.69, 9.17) is 13.9 Å². The molecule has 2 heterocycles. The Morgan fingerprint density at radius 2 is 1.96 bits per heavy atom. The molecule has 0 aliphatic rings. The maximum absolute atomic E-state index is 12.7. The van der Waals surface area contributed by atoms with Crippen LogP contribution in [0.2, 0.25) is 0 Å². The van der Waals surface area contributed by atoms with E-state index in [0.717, 1.165) is 16.7 Å². The number of amides is 1. The fraction of sp³-hybridized carbons (Fsp3) is 0.250. The molecule has 0 saturated carbocycles. The molecular weight excluding hydrogens is 382 g/mol. The number of carbonyl (C=O) groups is 3. The van der Waals surface area contributed by atoms with Crippen molar-refractivity contribution in [2.75, 3.05) is 25.6 Å². The number of anilines is 1. The highest BCUT2D eigenvalue weighted by Gasteiger charge is 2.27. The van der Waals surface area contributed by atoms with Crippen LogP contribution in [-0.2, 0) is 9.47 Å². The molecule has 0 unspecified atom stereocenters. The van der Waals surface area contributed by atoms with Gasteiger partial charge in [0.1, 0.15) is 22.1 Å². The van der Waals surface area contributed by atoms with Crippen LogP contribution >= 0.6 is 11.3 Å². The number of thiophene rings is 1. The van der Waals surface area contributed by atoms with Gasteiger partial charge in [0.05, 0.1) is 12.2 Å². The molecule has 1 amide bonds. The van der Waals surface area contributed by atoms with Gasteiger partial charge in [-0.2, -0.15) is 0 Å². The Bertz CT molecular complexity index is 1020. The second kappa shape index (κ2) is 8.37. The van der Waals surface area contributed by atoms with E-state index in [1.54, 1.807) is 26.0 Å². The quantitative estimate of drug-likeness (QED) is 0.474. The third-order valence-corrected chi connectivity index (χ3v) is 5.23. The SMILES string of the molecule is CCOC(=O)c1sc(NC(=O)c2cc3ccccc3o2)c(C(=O)COC)c1C. The van der Waals surface area contributed by atoms with Crippen LogP contribution in [-0.4, -0.2) is 38.0 Å². The summed E-state index contributed by atoms with van der Waals surface area (Å²) in [6.45, 7) is 3.37. The molecule has 8 heteroatoms. The van der Waals surface area contributed by atoms with Crippen molar-refractivity contribution in [2.45, 2.75) is 13.8 Å². The Balaban J connectivity index is 1.96. The van der Waals surface area contributed by atoms with E-state index in [1.807, 2.05) is 18.2 Å². The molecule has 2 aromatic heterocycles. The summed E-state index contributed by atoms with van der Waals surface area (Å²) in [6.07, 6.45) is 0. The molecule has 0 bridgehead atoms. The van der Waals surface area contributed by atoms with Crippen LogP contribution in [0.3, 0.4) is 0 Å². The summed E-state index contributed by atoms with van der Waals surface area (Å²) >= 11 is 0.994. The third-order valence-electron chi connectivity index (χ3n) is 4.04. The van der Waals surface area contributed by atoms with E-state index < -0.39 is 11.9 Å². The first-order valence-electron chi connectivity index (χ1n) is 8.58. The minimum absolute atomic E-state index is 0.107. The van der Waals surface area contributed by atoms with Crippen LogP contribution in [0.5, 0.6) is 0 Å². The first-order chi connectivity index (χ1) is 13.5. The summed E-state index contributed by atoms with van der Waals surface area (Å²) in [6, 6.07) is 8.86. The zero-order valence-electron chi connectivity index (χ0n) is 15.7. The van der Waals surface area contributed by atoms with Gasteiger partial charge < -0.3 is 19.2 Å². The standard InChI is InChI=1S/C20H19NO6S/c1-4-26-20(24)17-11(2)16(13(22)10-25-3)19(28-17)21-18(23)15-9-12-7-5-6-8-14(12)27-15/h5-9H,4,10H2,1-3H3,(H,21,23). The number of para-hydroxylation sites is 1. The predicted molar refractivity (Wildman–Crippen MR) is 105 cm³/mol. The number of methoxy groups -OCH3 is 1. The molecule has 3 aromatic rings. The van der Waals surface area contributed by atoms with Crippen molar-refractivity contribution in [1.29, 1.82) is 0 Å². The highest BCUT2D eigenvalue weighted by Crippen LogP contribution is 2.34. The second-order valence-corrected chi connectivity index (χ2v) is 6.96. The number of furan rings is 1. The monoisotopic (exact) mass is 401 g/mol. The van der Waals surface area contributed by atoms with Gasteiger partial charge in [-0.3, -0.25) is 9.59 Å². The van der Waals surface area contributed by atoms with Crippen molar-refractivity contribution in [1.82, 2.24) is 0 Å². The normalized spacial score (nSPS) is 10.8. The maximum atomic E-state index is 12.7. The van der Waals surface area contributed by atoms with Crippen molar-refractivity contribution in [3.8, 4) is 0 Å². The van der Waals surface area contributed by atoms with Gasteiger partial charge in [0.15, 0.2) is 11.5 Å². The molecule has 0 aliphatic carbocycles. The van der Waals surface area contributed by atoms with E-state index in [0.29, 0.717) is 11.1 Å². The Hall–Kier alpha value is -2.97. The van der Waals surface area contributed by atoms with Gasteiger partial charge in [-0.25, -0.2) is 4.79 Å². The van der Waals surface area contributed by atoms with E-state index in [2.05, 4.69) is 5.32 Å². The van der Waals surface area contributed by atoms with Crippen LogP contribution in [0.1, 0.15) is 43.1 Å². The average Bonchev–Trinajstić information content (AvgIpc) is 3.23. The van der Waals surface area contributed by atoms with E-state index in [9.17, 15) is 14.4 Å². The Morgan fingerprint density at radius 1 is 1.21 bits per heavy atom. The molecule has 0 saturated heterocycles. The summed E-state index contributed by atoms with van der Waals surface area (Å²) in [5, 5.41) is 3.73. The van der Waals surface area contributed by atoms with Crippen molar-refractivity contribution < 1.29 is 28.3 Å². The Labute approximate surface area is 165 Å². The smallest absolute Gasteiger partial charge is 0.348 e. The molecule has 146 valence electrons. The number of hydrogen-bond donors (Lipinski definition) is 1. The summed E-state index contributed by atoms with van der Waals surface area (Å²) in [7, 11) is 1.40. The molecule has 3 rings (SSSR count). The van der Waals surface area contributed by atoms with Crippen molar-refractivity contribution in [3.05, 3.63) is 52.1 Å². The third kappa shape index (κ3) is 3.83. The minimum Gasteiger partial charge on any atom is -0.462 e. The lowest BCUT2D eigenvalue weighted by molar-refractivity contribution is 0.0531. The molecule has 1 aromatic carbocycles. The lowest BCUT2D eigenvalue weighted by Gasteiger charge is -2.05. The Kier molecular flexibility index (Phi) is 5.91. The predicted octanol–water partition coefficient (Wildman–Crippen LogP) is 4.06. The lowest BCUT2D eigenvalue weighted by Crippen LogP contribution is -2.15. The van der Waals surface area contributed by atoms with Gasteiger partial charge in [-0.1, -0.05) is 18.2 Å². The first kappa shape index (κ1) is 19.8. The number of rotatable bonds is 7. The van der Waals surface area contributed by atoms with Gasteiger partial charge in [0.2, 0.25) is 0 Å². The minimum atomic E-state index is -0.541. The fourth-order valence-electron chi connectivity index (χ4n) is 2.79. The number of nitrogens with one attached hydrogen (secondary N) is 1. The number of benzene rings is 1. The molecule has 0 atom stereocenters. The molecule has 0 fully saturated rings. The van der Waals surface area contributed by atoms with Gasteiger partial charge in [0.25, 0.3) is 5.91 Å². The highest BCUT2D eigenvalue weighted by atomic mass is 32.1. The van der Waals surface area contributed by atoms with Gasteiger partial charge >= 0.3 is 5.97 Å². The Morgan fingerprint density at radius 3 is 2.64 bits per heavy atom. The number of hydrogen-bond acceptors (Lipinski definition) is 7. The zero-order valence-corrected chi connectivity index (χ0v) is 16.5. The number of carbonyl (C=O) groups excluding carboxylic acids is 3. The topological polar surface area (TPSA) is 94.8 Å². The van der Waals surface area contributed by atoms with E-state index in [-0.39, 0.29) is 40.2 Å². The number of fused-ring (bicyclic) bond motifs is 1. The van der Waals surface area contributed by atoms with Crippen molar-refractivity contribution in [3.63, 3.8) is 0 Å². The molecule has 28 heavy (non-hydrogen) atoms.